The van der Waals surface area contributed by atoms with Crippen molar-refractivity contribution in [2.45, 2.75) is 65.1 Å². The molecule has 2 aromatic rings. The summed E-state index contributed by atoms with van der Waals surface area (Å²) in [6.45, 7) is 13.0. The number of amides is 1. The Labute approximate surface area is 190 Å². The SMILES string of the molecule is CC(C)CN(C(=O)c1cnc(C(C)(C)C)nc1NCc1ccco1)[C@H]1CNC[C@@H](NN)C1. The average Bonchev–Trinajstić information content (AvgIpc) is 3.28. The van der Waals surface area contributed by atoms with Crippen LogP contribution in [0.15, 0.2) is 29.0 Å². The molecule has 0 saturated carbocycles. The van der Waals surface area contributed by atoms with Gasteiger partial charge in [-0.05, 0) is 24.5 Å². The minimum Gasteiger partial charge on any atom is -0.467 e. The number of rotatable bonds is 8. The van der Waals surface area contributed by atoms with Crippen LogP contribution in [0.3, 0.4) is 0 Å². The van der Waals surface area contributed by atoms with Crippen molar-refractivity contribution in [3.05, 3.63) is 41.7 Å². The Balaban J connectivity index is 1.93. The van der Waals surface area contributed by atoms with Gasteiger partial charge in [0.25, 0.3) is 5.91 Å². The first kappa shape index (κ1) is 24.2. The maximum Gasteiger partial charge on any atom is 0.259 e. The molecular weight excluding hydrogens is 406 g/mol. The molecular formula is C23H37N7O2. The Morgan fingerprint density at radius 3 is 2.78 bits per heavy atom. The second kappa shape index (κ2) is 10.4. The topological polar surface area (TPSA) is 121 Å². The number of hydrogen-bond acceptors (Lipinski definition) is 8. The third-order valence-corrected chi connectivity index (χ3v) is 5.53. The molecule has 0 aromatic carbocycles. The average molecular weight is 444 g/mol. The summed E-state index contributed by atoms with van der Waals surface area (Å²) < 4.78 is 5.44. The molecule has 0 bridgehead atoms. The number of nitrogens with one attached hydrogen (secondary N) is 3. The van der Waals surface area contributed by atoms with Crippen molar-refractivity contribution in [3.8, 4) is 0 Å². The zero-order chi connectivity index (χ0) is 23.3. The summed E-state index contributed by atoms with van der Waals surface area (Å²) in [5, 5.41) is 6.69. The molecule has 1 aliphatic rings. The van der Waals surface area contributed by atoms with Gasteiger partial charge in [0.05, 0.1) is 12.8 Å². The van der Waals surface area contributed by atoms with Crippen molar-refractivity contribution in [1.82, 2.24) is 25.6 Å². The predicted molar refractivity (Wildman–Crippen MR) is 125 cm³/mol. The molecule has 0 aliphatic carbocycles. The zero-order valence-corrected chi connectivity index (χ0v) is 19.8. The van der Waals surface area contributed by atoms with Gasteiger partial charge in [0.2, 0.25) is 0 Å². The van der Waals surface area contributed by atoms with Crippen LogP contribution in [0.1, 0.15) is 63.0 Å². The van der Waals surface area contributed by atoms with Crippen LogP contribution in [0.2, 0.25) is 0 Å². The normalized spacial score (nSPS) is 19.2. The first-order valence-corrected chi connectivity index (χ1v) is 11.3. The van der Waals surface area contributed by atoms with E-state index in [1.807, 2.05) is 17.0 Å². The van der Waals surface area contributed by atoms with Crippen LogP contribution in [0.4, 0.5) is 5.82 Å². The number of carbonyl (C=O) groups is 1. The van der Waals surface area contributed by atoms with Gasteiger partial charge in [-0.25, -0.2) is 9.97 Å². The molecule has 32 heavy (non-hydrogen) atoms. The second-order valence-electron chi connectivity index (χ2n) is 9.90. The van der Waals surface area contributed by atoms with E-state index in [9.17, 15) is 4.79 Å². The molecule has 5 N–H and O–H groups in total. The van der Waals surface area contributed by atoms with Crippen molar-refractivity contribution < 1.29 is 9.21 Å². The molecule has 1 amide bonds. The lowest BCUT2D eigenvalue weighted by molar-refractivity contribution is 0.0602. The summed E-state index contributed by atoms with van der Waals surface area (Å²) >= 11 is 0. The van der Waals surface area contributed by atoms with Crippen molar-refractivity contribution in [2.75, 3.05) is 25.0 Å². The number of nitrogens with two attached hydrogens (primary N) is 1. The van der Waals surface area contributed by atoms with Gasteiger partial charge in [-0.3, -0.25) is 16.1 Å². The van der Waals surface area contributed by atoms with Gasteiger partial charge in [-0.1, -0.05) is 34.6 Å². The van der Waals surface area contributed by atoms with Gasteiger partial charge in [0.15, 0.2) is 0 Å². The molecule has 176 valence electrons. The Hall–Kier alpha value is -2.49. The first-order valence-electron chi connectivity index (χ1n) is 11.3. The minimum absolute atomic E-state index is 0.0277. The van der Waals surface area contributed by atoms with Crippen LogP contribution in [0, 0.1) is 5.92 Å². The Kier molecular flexibility index (Phi) is 7.86. The summed E-state index contributed by atoms with van der Waals surface area (Å²) in [5.74, 6) is 7.90. The highest BCUT2D eigenvalue weighted by molar-refractivity contribution is 5.98. The lowest BCUT2D eigenvalue weighted by atomic mass is 9.95. The lowest BCUT2D eigenvalue weighted by Gasteiger charge is -2.39. The number of piperidine rings is 1. The summed E-state index contributed by atoms with van der Waals surface area (Å²) in [7, 11) is 0. The predicted octanol–water partition coefficient (Wildman–Crippen LogP) is 2.27. The highest BCUT2D eigenvalue weighted by Gasteiger charge is 2.32. The van der Waals surface area contributed by atoms with Crippen molar-refractivity contribution in [2.24, 2.45) is 11.8 Å². The van der Waals surface area contributed by atoms with Gasteiger partial charge in [-0.2, -0.15) is 0 Å². The summed E-state index contributed by atoms with van der Waals surface area (Å²) in [4.78, 5) is 25.0. The van der Waals surface area contributed by atoms with Gasteiger partial charge in [0, 0.05) is 43.3 Å². The molecule has 0 radical (unpaired) electrons. The fourth-order valence-electron chi connectivity index (χ4n) is 3.85. The minimum atomic E-state index is -0.242. The summed E-state index contributed by atoms with van der Waals surface area (Å²) in [6.07, 6.45) is 4.08. The second-order valence-corrected chi connectivity index (χ2v) is 9.90. The molecule has 0 unspecified atom stereocenters. The van der Waals surface area contributed by atoms with Crippen molar-refractivity contribution in [3.63, 3.8) is 0 Å². The molecule has 2 atom stereocenters. The van der Waals surface area contributed by atoms with Crippen LogP contribution >= 0.6 is 0 Å². The Morgan fingerprint density at radius 1 is 1.38 bits per heavy atom. The molecule has 3 heterocycles. The highest BCUT2D eigenvalue weighted by Crippen LogP contribution is 2.25. The molecule has 1 aliphatic heterocycles. The van der Waals surface area contributed by atoms with Gasteiger partial charge in [0.1, 0.15) is 23.0 Å². The van der Waals surface area contributed by atoms with E-state index in [0.29, 0.717) is 36.2 Å². The number of anilines is 1. The fourth-order valence-corrected chi connectivity index (χ4v) is 3.85. The third-order valence-electron chi connectivity index (χ3n) is 5.53. The van der Waals surface area contributed by atoms with E-state index in [1.54, 1.807) is 12.5 Å². The number of furan rings is 1. The molecule has 9 heteroatoms. The maximum absolute atomic E-state index is 13.8. The van der Waals surface area contributed by atoms with Crippen molar-refractivity contribution >= 4 is 11.7 Å². The van der Waals surface area contributed by atoms with E-state index in [0.717, 1.165) is 25.3 Å². The van der Waals surface area contributed by atoms with Crippen LogP contribution in [0.5, 0.6) is 0 Å². The van der Waals surface area contributed by atoms with Gasteiger partial charge < -0.3 is 20.0 Å². The number of hydrazine groups is 1. The molecule has 3 rings (SSSR count). The zero-order valence-electron chi connectivity index (χ0n) is 19.8. The largest absolute Gasteiger partial charge is 0.467 e. The van der Waals surface area contributed by atoms with Crippen molar-refractivity contribution in [1.29, 1.82) is 0 Å². The van der Waals surface area contributed by atoms with Crippen LogP contribution in [-0.4, -0.2) is 52.5 Å². The highest BCUT2D eigenvalue weighted by atomic mass is 16.3. The van der Waals surface area contributed by atoms with E-state index < -0.39 is 0 Å². The van der Waals surface area contributed by atoms with Gasteiger partial charge >= 0.3 is 0 Å². The molecule has 1 fully saturated rings. The maximum atomic E-state index is 13.8. The standard InChI is InChI=1S/C23H37N7O2/c1-15(2)14-30(17-9-16(29-24)10-25-11-17)21(31)19-13-27-22(23(3,4)5)28-20(19)26-12-18-7-6-8-32-18/h6-8,13,15-17,25,29H,9-12,14,24H2,1-5H3,(H,26,27,28)/t16-,17+/m0/s1. The monoisotopic (exact) mass is 443 g/mol. The van der Waals surface area contributed by atoms with E-state index >= 15 is 0 Å². The van der Waals surface area contributed by atoms with E-state index in [2.05, 4.69) is 55.7 Å². The summed E-state index contributed by atoms with van der Waals surface area (Å²) in [5.41, 5.74) is 3.07. The van der Waals surface area contributed by atoms with E-state index in [1.165, 1.54) is 0 Å². The van der Waals surface area contributed by atoms with E-state index in [-0.39, 0.29) is 23.4 Å². The number of hydrogen-bond donors (Lipinski definition) is 4. The van der Waals surface area contributed by atoms with Gasteiger partial charge in [-0.15, -0.1) is 0 Å². The fraction of sp³-hybridized carbons (Fsp3) is 0.609. The van der Waals surface area contributed by atoms with Crippen LogP contribution in [-0.2, 0) is 12.0 Å². The number of nitrogens with zero attached hydrogens (tertiary/aromatic N) is 3. The Bertz CT molecular complexity index is 877. The van der Waals surface area contributed by atoms with E-state index in [4.69, 9.17) is 15.2 Å². The number of carbonyl (C=O) groups excluding carboxylic acids is 1. The smallest absolute Gasteiger partial charge is 0.259 e. The summed E-state index contributed by atoms with van der Waals surface area (Å²) in [6, 6.07) is 3.87. The van der Waals surface area contributed by atoms with Crippen LogP contribution < -0.4 is 21.9 Å². The third kappa shape index (κ3) is 6.05. The lowest BCUT2D eigenvalue weighted by Crippen LogP contribution is -2.57. The number of aromatic nitrogens is 2. The molecule has 2 aromatic heterocycles. The first-order chi connectivity index (χ1) is 15.2. The molecule has 1 saturated heterocycles. The molecule has 9 nitrogen and oxygen atoms in total. The van der Waals surface area contributed by atoms with Crippen LogP contribution in [0.25, 0.3) is 0 Å². The quantitative estimate of drug-likeness (QED) is 0.362. The molecule has 0 spiro atoms. The Morgan fingerprint density at radius 2 is 2.16 bits per heavy atom.